The quantitative estimate of drug-likeness (QED) is 0.925. The lowest BCUT2D eigenvalue weighted by Gasteiger charge is -2.28. The first-order chi connectivity index (χ1) is 11.6. The average molecular weight is 340 g/mol. The third-order valence-electron chi connectivity index (χ3n) is 4.79. The molecular formula is C19H20N2O2S. The lowest BCUT2D eigenvalue weighted by molar-refractivity contribution is 0.476. The first-order valence-corrected chi connectivity index (χ1v) is 9.96. The van der Waals surface area contributed by atoms with E-state index >= 15 is 0 Å². The Balaban J connectivity index is 1.46. The Labute approximate surface area is 142 Å². The Bertz CT molecular complexity index is 875. The van der Waals surface area contributed by atoms with Crippen LogP contribution in [0.3, 0.4) is 0 Å². The van der Waals surface area contributed by atoms with E-state index in [2.05, 4.69) is 10.8 Å². The highest BCUT2D eigenvalue weighted by Crippen LogP contribution is 2.42. The van der Waals surface area contributed by atoms with Crippen LogP contribution in [0.2, 0.25) is 0 Å². The Hall–Kier alpha value is -1.98. The van der Waals surface area contributed by atoms with E-state index in [1.165, 1.54) is 11.3 Å². The lowest BCUT2D eigenvalue weighted by atomic mass is 9.81. The normalized spacial score (nSPS) is 22.6. The van der Waals surface area contributed by atoms with E-state index in [-0.39, 0.29) is 17.7 Å². The molecule has 4 nitrogen and oxygen atoms in total. The number of rotatable bonds is 4. The van der Waals surface area contributed by atoms with Crippen LogP contribution in [0, 0.1) is 0 Å². The predicted octanol–water partition coefficient (Wildman–Crippen LogP) is 3.53. The van der Waals surface area contributed by atoms with Crippen molar-refractivity contribution in [3.05, 3.63) is 65.7 Å². The van der Waals surface area contributed by atoms with Gasteiger partial charge < -0.3 is 0 Å². The van der Waals surface area contributed by atoms with Crippen LogP contribution < -0.4 is 4.72 Å². The highest BCUT2D eigenvalue weighted by Gasteiger charge is 2.34. The second-order valence-corrected chi connectivity index (χ2v) is 8.30. The van der Waals surface area contributed by atoms with Crippen LogP contribution in [0.5, 0.6) is 0 Å². The third kappa shape index (κ3) is 3.14. The van der Waals surface area contributed by atoms with Gasteiger partial charge in [-0.05, 0) is 36.5 Å². The Morgan fingerprint density at radius 2 is 1.79 bits per heavy atom. The topological polar surface area (TPSA) is 58.5 Å². The summed E-state index contributed by atoms with van der Waals surface area (Å²) in [6.45, 7) is 0. The molecule has 2 aromatic rings. The molecule has 1 N–H and O–H groups in total. The minimum Gasteiger partial charge on any atom is -0.257 e. The van der Waals surface area contributed by atoms with Gasteiger partial charge in [-0.3, -0.25) is 4.99 Å². The first kappa shape index (κ1) is 15.5. The molecule has 124 valence electrons. The SMILES string of the molecule is O=S(=O)(Cc1ccccc1)NC1CCC2=Nc3ccccc3C2C1. The molecule has 24 heavy (non-hydrogen) atoms. The van der Waals surface area contributed by atoms with Crippen LogP contribution in [0.1, 0.15) is 36.3 Å². The molecule has 0 amide bonds. The van der Waals surface area contributed by atoms with Crippen LogP contribution in [0.25, 0.3) is 0 Å². The van der Waals surface area contributed by atoms with Gasteiger partial charge in [-0.15, -0.1) is 0 Å². The second kappa shape index (κ2) is 6.15. The number of hydrogen-bond donors (Lipinski definition) is 1. The first-order valence-electron chi connectivity index (χ1n) is 8.31. The number of sulfonamides is 1. The van der Waals surface area contributed by atoms with Gasteiger partial charge in [-0.1, -0.05) is 48.5 Å². The molecule has 5 heteroatoms. The summed E-state index contributed by atoms with van der Waals surface area (Å²) in [6.07, 6.45) is 2.47. The summed E-state index contributed by atoms with van der Waals surface area (Å²) in [5.41, 5.74) is 4.30. The van der Waals surface area contributed by atoms with Crippen molar-refractivity contribution in [3.8, 4) is 0 Å². The van der Waals surface area contributed by atoms with Gasteiger partial charge in [0.2, 0.25) is 10.0 Å². The molecule has 2 aromatic carbocycles. The van der Waals surface area contributed by atoms with E-state index in [0.29, 0.717) is 0 Å². The molecule has 2 unspecified atom stereocenters. The number of hydrogen-bond acceptors (Lipinski definition) is 3. The number of aliphatic imine (C=N–C) groups is 1. The van der Waals surface area contributed by atoms with Crippen LogP contribution in [-0.2, 0) is 15.8 Å². The highest BCUT2D eigenvalue weighted by molar-refractivity contribution is 7.88. The van der Waals surface area contributed by atoms with E-state index in [1.54, 1.807) is 0 Å². The maximum atomic E-state index is 12.5. The maximum Gasteiger partial charge on any atom is 0.216 e. The van der Waals surface area contributed by atoms with Gasteiger partial charge in [0.15, 0.2) is 0 Å². The van der Waals surface area contributed by atoms with Crippen molar-refractivity contribution in [2.75, 3.05) is 0 Å². The largest absolute Gasteiger partial charge is 0.257 e. The standard InChI is InChI=1S/C19H20N2O2S/c22-24(23,13-14-6-2-1-3-7-14)21-15-10-11-19-17(12-15)16-8-4-5-9-18(16)20-19/h1-9,15,17,21H,10-13H2. The minimum absolute atomic E-state index is 0.0196. The molecule has 0 saturated heterocycles. The smallest absolute Gasteiger partial charge is 0.216 e. The third-order valence-corrected chi connectivity index (χ3v) is 6.20. The molecule has 0 radical (unpaired) electrons. The van der Waals surface area contributed by atoms with Crippen LogP contribution in [-0.4, -0.2) is 20.2 Å². The fourth-order valence-electron chi connectivity index (χ4n) is 3.71. The molecular weight excluding hydrogens is 320 g/mol. The summed E-state index contributed by atoms with van der Waals surface area (Å²) in [4.78, 5) is 4.71. The average Bonchev–Trinajstić information content (AvgIpc) is 2.93. The molecule has 0 aromatic heterocycles. The van der Waals surface area contributed by atoms with E-state index in [4.69, 9.17) is 4.99 Å². The number of nitrogens with zero attached hydrogens (tertiary/aromatic N) is 1. The summed E-state index contributed by atoms with van der Waals surface area (Å²) < 4.78 is 27.8. The summed E-state index contributed by atoms with van der Waals surface area (Å²) in [5.74, 6) is 0.298. The highest BCUT2D eigenvalue weighted by atomic mass is 32.2. The van der Waals surface area contributed by atoms with E-state index in [9.17, 15) is 8.42 Å². The fourth-order valence-corrected chi connectivity index (χ4v) is 5.15. The summed E-state index contributed by atoms with van der Waals surface area (Å²) in [7, 11) is -3.33. The number of fused-ring (bicyclic) bond motifs is 3. The van der Waals surface area contributed by atoms with E-state index in [1.807, 2.05) is 48.5 Å². The van der Waals surface area contributed by atoms with E-state index < -0.39 is 10.0 Å². The zero-order valence-corrected chi connectivity index (χ0v) is 14.2. The number of nitrogens with one attached hydrogen (secondary N) is 1. The number of para-hydroxylation sites is 1. The van der Waals surface area contributed by atoms with Gasteiger partial charge in [-0.25, -0.2) is 13.1 Å². The molecule has 0 bridgehead atoms. The van der Waals surface area contributed by atoms with Crippen molar-refractivity contribution in [2.24, 2.45) is 4.99 Å². The predicted molar refractivity (Wildman–Crippen MR) is 96.1 cm³/mol. The summed E-state index contributed by atoms with van der Waals surface area (Å²) in [5, 5.41) is 0. The monoisotopic (exact) mass is 340 g/mol. The second-order valence-electron chi connectivity index (χ2n) is 6.55. The van der Waals surface area contributed by atoms with Crippen LogP contribution in [0.15, 0.2) is 59.6 Å². The zero-order valence-electron chi connectivity index (χ0n) is 13.4. The van der Waals surface area contributed by atoms with Gasteiger partial charge >= 0.3 is 0 Å². The van der Waals surface area contributed by atoms with Gasteiger partial charge in [0.25, 0.3) is 0 Å². The van der Waals surface area contributed by atoms with Crippen molar-refractivity contribution >= 4 is 21.4 Å². The minimum atomic E-state index is -3.33. The van der Waals surface area contributed by atoms with Crippen molar-refractivity contribution in [3.63, 3.8) is 0 Å². The Morgan fingerprint density at radius 1 is 1.04 bits per heavy atom. The Morgan fingerprint density at radius 3 is 2.62 bits per heavy atom. The van der Waals surface area contributed by atoms with Crippen molar-refractivity contribution < 1.29 is 8.42 Å². The molecule has 2 atom stereocenters. The van der Waals surface area contributed by atoms with Crippen LogP contribution >= 0.6 is 0 Å². The van der Waals surface area contributed by atoms with Crippen molar-refractivity contribution in [1.82, 2.24) is 4.72 Å². The van der Waals surface area contributed by atoms with Gasteiger partial charge in [-0.2, -0.15) is 0 Å². The molecule has 1 fully saturated rings. The van der Waals surface area contributed by atoms with Gasteiger partial charge in [0.05, 0.1) is 11.4 Å². The summed E-state index contributed by atoms with van der Waals surface area (Å²) in [6, 6.07) is 17.5. The zero-order chi connectivity index (χ0) is 16.6. The van der Waals surface area contributed by atoms with Crippen molar-refractivity contribution in [2.45, 2.75) is 37.0 Å². The molecule has 0 spiro atoms. The van der Waals surface area contributed by atoms with Gasteiger partial charge in [0.1, 0.15) is 0 Å². The lowest BCUT2D eigenvalue weighted by Crippen LogP contribution is -2.40. The van der Waals surface area contributed by atoms with Crippen LogP contribution in [0.4, 0.5) is 5.69 Å². The molecule has 4 rings (SSSR count). The molecule has 2 aliphatic rings. The van der Waals surface area contributed by atoms with E-state index in [0.717, 1.165) is 30.5 Å². The molecule has 1 aliphatic carbocycles. The Kier molecular flexibility index (Phi) is 3.98. The summed E-state index contributed by atoms with van der Waals surface area (Å²) >= 11 is 0. The van der Waals surface area contributed by atoms with Gasteiger partial charge in [0, 0.05) is 17.7 Å². The maximum absolute atomic E-state index is 12.5. The number of benzene rings is 2. The molecule has 1 saturated carbocycles. The van der Waals surface area contributed by atoms with Crippen molar-refractivity contribution in [1.29, 1.82) is 0 Å². The molecule has 1 heterocycles. The molecule has 1 aliphatic heterocycles. The fraction of sp³-hybridized carbons (Fsp3) is 0.316.